The Balaban J connectivity index is 1.57. The highest BCUT2D eigenvalue weighted by atomic mass is 16.5. The van der Waals surface area contributed by atoms with Crippen LogP contribution in [0.15, 0.2) is 71.5 Å². The Morgan fingerprint density at radius 2 is 1.71 bits per heavy atom. The minimum atomic E-state index is 0.442. The third-order valence-corrected chi connectivity index (χ3v) is 4.47. The zero-order chi connectivity index (χ0) is 19.2. The SMILES string of the molecule is CCc1nc(Cn2cnc(-c3ccccc3)c2COCc2ccccc2)no1. The lowest BCUT2D eigenvalue weighted by Crippen LogP contribution is -2.07. The normalized spacial score (nSPS) is 11.0. The van der Waals surface area contributed by atoms with Gasteiger partial charge in [0.25, 0.3) is 0 Å². The maximum absolute atomic E-state index is 6.01. The van der Waals surface area contributed by atoms with Gasteiger partial charge in [0, 0.05) is 12.0 Å². The molecule has 0 fully saturated rings. The molecule has 0 bridgehead atoms. The van der Waals surface area contributed by atoms with Crippen LogP contribution in [0.5, 0.6) is 0 Å². The summed E-state index contributed by atoms with van der Waals surface area (Å²) in [5.74, 6) is 1.28. The molecule has 0 aliphatic carbocycles. The predicted molar refractivity (Wildman–Crippen MR) is 105 cm³/mol. The number of hydrogen-bond acceptors (Lipinski definition) is 5. The Labute approximate surface area is 163 Å². The van der Waals surface area contributed by atoms with E-state index < -0.39 is 0 Å². The molecule has 0 atom stereocenters. The first-order chi connectivity index (χ1) is 13.8. The Morgan fingerprint density at radius 3 is 2.43 bits per heavy atom. The minimum absolute atomic E-state index is 0.442. The largest absolute Gasteiger partial charge is 0.370 e. The van der Waals surface area contributed by atoms with Crippen molar-refractivity contribution < 1.29 is 9.26 Å². The van der Waals surface area contributed by atoms with Gasteiger partial charge in [-0.1, -0.05) is 72.7 Å². The number of aryl methyl sites for hydroxylation is 1. The highest BCUT2D eigenvalue weighted by Crippen LogP contribution is 2.23. The molecule has 4 rings (SSSR count). The van der Waals surface area contributed by atoms with Crippen molar-refractivity contribution in [2.24, 2.45) is 0 Å². The van der Waals surface area contributed by atoms with Crippen molar-refractivity contribution >= 4 is 0 Å². The summed E-state index contributed by atoms with van der Waals surface area (Å²) in [5, 5.41) is 4.06. The maximum atomic E-state index is 6.01. The zero-order valence-corrected chi connectivity index (χ0v) is 15.8. The van der Waals surface area contributed by atoms with Crippen molar-refractivity contribution in [3.8, 4) is 11.3 Å². The fourth-order valence-corrected chi connectivity index (χ4v) is 3.02. The molecule has 6 heteroatoms. The van der Waals surface area contributed by atoms with Crippen LogP contribution in [0.1, 0.15) is 29.9 Å². The molecule has 0 amide bonds. The molecule has 28 heavy (non-hydrogen) atoms. The van der Waals surface area contributed by atoms with Crippen molar-refractivity contribution in [1.82, 2.24) is 19.7 Å². The molecule has 2 aromatic carbocycles. The van der Waals surface area contributed by atoms with Crippen molar-refractivity contribution in [1.29, 1.82) is 0 Å². The number of imidazole rings is 1. The Hall–Kier alpha value is -3.25. The van der Waals surface area contributed by atoms with E-state index in [-0.39, 0.29) is 0 Å². The number of ether oxygens (including phenoxy) is 1. The van der Waals surface area contributed by atoms with Gasteiger partial charge in [-0.2, -0.15) is 4.98 Å². The molecule has 0 radical (unpaired) electrons. The van der Waals surface area contributed by atoms with Crippen molar-refractivity contribution in [2.45, 2.75) is 33.1 Å². The predicted octanol–water partition coefficient (Wildman–Crippen LogP) is 4.26. The molecular formula is C22H22N4O2. The Morgan fingerprint density at radius 1 is 0.964 bits per heavy atom. The van der Waals surface area contributed by atoms with Gasteiger partial charge < -0.3 is 13.8 Å². The van der Waals surface area contributed by atoms with Crippen molar-refractivity contribution in [3.05, 3.63) is 90.0 Å². The lowest BCUT2D eigenvalue weighted by Gasteiger charge is -2.10. The Kier molecular flexibility index (Phi) is 5.58. The average molecular weight is 374 g/mol. The highest BCUT2D eigenvalue weighted by molar-refractivity contribution is 5.61. The maximum Gasteiger partial charge on any atom is 0.226 e. The fraction of sp³-hybridized carbons (Fsp3) is 0.227. The molecule has 0 saturated heterocycles. The van der Waals surface area contributed by atoms with Gasteiger partial charge in [-0.05, 0) is 5.56 Å². The lowest BCUT2D eigenvalue weighted by molar-refractivity contribution is 0.103. The van der Waals surface area contributed by atoms with E-state index in [0.29, 0.717) is 31.5 Å². The quantitative estimate of drug-likeness (QED) is 0.461. The van der Waals surface area contributed by atoms with E-state index in [1.165, 1.54) is 0 Å². The molecule has 4 aromatic rings. The number of aromatic nitrogens is 4. The second kappa shape index (κ2) is 8.63. The van der Waals surface area contributed by atoms with Gasteiger partial charge in [0.05, 0.1) is 37.5 Å². The van der Waals surface area contributed by atoms with Crippen LogP contribution in [0.2, 0.25) is 0 Å². The molecule has 0 unspecified atom stereocenters. The average Bonchev–Trinajstić information content (AvgIpc) is 3.37. The van der Waals surface area contributed by atoms with Crippen LogP contribution >= 0.6 is 0 Å². The standard InChI is InChI=1S/C22H22N4O2/c1-2-21-24-20(25-28-21)13-26-16-23-22(18-11-7-4-8-12-18)19(26)15-27-14-17-9-5-3-6-10-17/h3-12,16H,2,13-15H2,1H3. The first kappa shape index (κ1) is 18.1. The molecule has 0 aliphatic heterocycles. The van der Waals surface area contributed by atoms with Gasteiger partial charge in [0.1, 0.15) is 0 Å². The third-order valence-electron chi connectivity index (χ3n) is 4.47. The Bertz CT molecular complexity index is 1010. The first-order valence-corrected chi connectivity index (χ1v) is 9.36. The molecule has 2 heterocycles. The van der Waals surface area contributed by atoms with Gasteiger partial charge in [0.2, 0.25) is 5.89 Å². The number of hydrogen-bond donors (Lipinski definition) is 0. The summed E-state index contributed by atoms with van der Waals surface area (Å²) < 4.78 is 13.3. The van der Waals surface area contributed by atoms with Crippen molar-refractivity contribution in [2.75, 3.05) is 0 Å². The van der Waals surface area contributed by atoms with Gasteiger partial charge >= 0.3 is 0 Å². The molecular weight excluding hydrogens is 352 g/mol. The number of rotatable bonds is 8. The second-order valence-corrected chi connectivity index (χ2v) is 6.47. The first-order valence-electron chi connectivity index (χ1n) is 9.36. The van der Waals surface area contributed by atoms with Crippen LogP contribution in [0.4, 0.5) is 0 Å². The number of nitrogens with zero attached hydrogens (tertiary/aromatic N) is 4. The lowest BCUT2D eigenvalue weighted by atomic mass is 10.1. The van der Waals surface area contributed by atoms with Crippen LogP contribution in [0, 0.1) is 0 Å². The smallest absolute Gasteiger partial charge is 0.226 e. The summed E-state index contributed by atoms with van der Waals surface area (Å²) in [6.07, 6.45) is 2.53. The second-order valence-electron chi connectivity index (χ2n) is 6.47. The van der Waals surface area contributed by atoms with Gasteiger partial charge in [0.15, 0.2) is 5.82 Å². The van der Waals surface area contributed by atoms with Crippen LogP contribution in [0.25, 0.3) is 11.3 Å². The summed E-state index contributed by atoms with van der Waals surface area (Å²) in [5.41, 5.74) is 4.10. The van der Waals surface area contributed by atoms with E-state index in [0.717, 1.165) is 28.9 Å². The van der Waals surface area contributed by atoms with E-state index in [1.54, 1.807) is 0 Å². The highest BCUT2D eigenvalue weighted by Gasteiger charge is 2.15. The van der Waals surface area contributed by atoms with Gasteiger partial charge in [-0.25, -0.2) is 4.98 Å². The van der Waals surface area contributed by atoms with E-state index in [2.05, 4.69) is 39.4 Å². The van der Waals surface area contributed by atoms with E-state index in [1.807, 2.05) is 54.2 Å². The van der Waals surface area contributed by atoms with Gasteiger partial charge in [-0.15, -0.1) is 0 Å². The van der Waals surface area contributed by atoms with Crippen LogP contribution in [0.3, 0.4) is 0 Å². The van der Waals surface area contributed by atoms with Crippen molar-refractivity contribution in [3.63, 3.8) is 0 Å². The summed E-state index contributed by atoms with van der Waals surface area (Å²) in [7, 11) is 0. The molecule has 6 nitrogen and oxygen atoms in total. The molecule has 0 saturated carbocycles. The van der Waals surface area contributed by atoms with E-state index in [4.69, 9.17) is 9.26 Å². The molecule has 142 valence electrons. The monoisotopic (exact) mass is 374 g/mol. The number of benzene rings is 2. The summed E-state index contributed by atoms with van der Waals surface area (Å²) >= 11 is 0. The minimum Gasteiger partial charge on any atom is -0.370 e. The van der Waals surface area contributed by atoms with E-state index >= 15 is 0 Å². The molecule has 0 N–H and O–H groups in total. The summed E-state index contributed by atoms with van der Waals surface area (Å²) in [6, 6.07) is 20.3. The topological polar surface area (TPSA) is 66.0 Å². The zero-order valence-electron chi connectivity index (χ0n) is 15.8. The summed E-state index contributed by atoms with van der Waals surface area (Å²) in [4.78, 5) is 9.04. The van der Waals surface area contributed by atoms with Gasteiger partial charge in [-0.3, -0.25) is 0 Å². The molecule has 0 spiro atoms. The van der Waals surface area contributed by atoms with Crippen LogP contribution < -0.4 is 0 Å². The van der Waals surface area contributed by atoms with E-state index in [9.17, 15) is 0 Å². The van der Waals surface area contributed by atoms with Crippen LogP contribution in [-0.2, 0) is 30.9 Å². The molecule has 0 aliphatic rings. The third kappa shape index (κ3) is 4.18. The summed E-state index contributed by atoms with van der Waals surface area (Å²) in [6.45, 7) is 3.47. The van der Waals surface area contributed by atoms with Crippen LogP contribution in [-0.4, -0.2) is 19.7 Å². The fourth-order valence-electron chi connectivity index (χ4n) is 3.02. The molecule has 2 aromatic heterocycles.